The monoisotopic (exact) mass is 318 g/mol. The Kier molecular flexibility index (Phi) is 4.36. The topological polar surface area (TPSA) is 75.2 Å². The summed E-state index contributed by atoms with van der Waals surface area (Å²) in [5, 5.41) is 10.5. The third-order valence-electron chi connectivity index (χ3n) is 3.20. The van der Waals surface area contributed by atoms with Gasteiger partial charge in [0.05, 0.1) is 6.26 Å². The average molecular weight is 318 g/mol. The van der Waals surface area contributed by atoms with E-state index in [0.717, 1.165) is 36.1 Å². The Morgan fingerprint density at radius 3 is 2.30 bits per heavy atom. The van der Waals surface area contributed by atoms with E-state index in [4.69, 9.17) is 0 Å². The second-order valence-electron chi connectivity index (χ2n) is 6.29. The SMILES string of the molecule is CC(C)(C)c1nnc(N2CCC(NS(C)(=O)=O)CC2)s1. The first-order valence-electron chi connectivity index (χ1n) is 6.71. The van der Waals surface area contributed by atoms with Gasteiger partial charge in [-0.2, -0.15) is 0 Å². The lowest BCUT2D eigenvalue weighted by atomic mass is 9.98. The van der Waals surface area contributed by atoms with Gasteiger partial charge in [-0.3, -0.25) is 0 Å². The van der Waals surface area contributed by atoms with Gasteiger partial charge in [-0.25, -0.2) is 13.1 Å². The van der Waals surface area contributed by atoms with Gasteiger partial charge in [-0.1, -0.05) is 32.1 Å². The maximum Gasteiger partial charge on any atom is 0.208 e. The fourth-order valence-electron chi connectivity index (χ4n) is 2.14. The Morgan fingerprint density at radius 2 is 1.85 bits per heavy atom. The fraction of sp³-hybridized carbons (Fsp3) is 0.833. The quantitative estimate of drug-likeness (QED) is 0.910. The summed E-state index contributed by atoms with van der Waals surface area (Å²) >= 11 is 1.63. The lowest BCUT2D eigenvalue weighted by Crippen LogP contribution is -2.44. The number of anilines is 1. The molecule has 20 heavy (non-hydrogen) atoms. The van der Waals surface area contributed by atoms with Crippen LogP contribution in [-0.4, -0.2) is 44.0 Å². The largest absolute Gasteiger partial charge is 0.347 e. The summed E-state index contributed by atoms with van der Waals surface area (Å²) in [6.07, 6.45) is 2.81. The highest BCUT2D eigenvalue weighted by Crippen LogP contribution is 2.30. The van der Waals surface area contributed by atoms with Gasteiger partial charge in [0.15, 0.2) is 0 Å². The lowest BCUT2D eigenvalue weighted by Gasteiger charge is -2.31. The minimum atomic E-state index is -3.11. The zero-order valence-electron chi connectivity index (χ0n) is 12.4. The first kappa shape index (κ1) is 15.7. The van der Waals surface area contributed by atoms with Crippen LogP contribution in [0.15, 0.2) is 0 Å². The van der Waals surface area contributed by atoms with Crippen molar-refractivity contribution in [1.82, 2.24) is 14.9 Å². The zero-order valence-corrected chi connectivity index (χ0v) is 14.0. The number of aromatic nitrogens is 2. The average Bonchev–Trinajstić information content (AvgIpc) is 2.76. The molecular formula is C12H22N4O2S2. The van der Waals surface area contributed by atoms with E-state index in [-0.39, 0.29) is 11.5 Å². The van der Waals surface area contributed by atoms with Crippen molar-refractivity contribution >= 4 is 26.5 Å². The predicted octanol–water partition coefficient (Wildman–Crippen LogP) is 1.35. The second-order valence-corrected chi connectivity index (χ2v) is 9.03. The predicted molar refractivity (Wildman–Crippen MR) is 81.8 cm³/mol. The van der Waals surface area contributed by atoms with Gasteiger partial charge in [-0.05, 0) is 12.8 Å². The molecule has 0 unspecified atom stereocenters. The zero-order chi connectivity index (χ0) is 15.0. The van der Waals surface area contributed by atoms with E-state index < -0.39 is 10.0 Å². The molecule has 0 amide bonds. The number of nitrogens with zero attached hydrogens (tertiary/aromatic N) is 3. The summed E-state index contributed by atoms with van der Waals surface area (Å²) in [5.41, 5.74) is 0.0199. The molecule has 0 saturated carbocycles. The molecule has 8 heteroatoms. The maximum atomic E-state index is 11.2. The van der Waals surface area contributed by atoms with Gasteiger partial charge in [0, 0.05) is 24.5 Å². The molecule has 0 bridgehead atoms. The third kappa shape index (κ3) is 4.13. The van der Waals surface area contributed by atoms with Crippen molar-refractivity contribution in [3.05, 3.63) is 5.01 Å². The summed E-state index contributed by atoms with van der Waals surface area (Å²) in [6, 6.07) is 0.0382. The number of hydrogen-bond donors (Lipinski definition) is 1. The highest BCUT2D eigenvalue weighted by Gasteiger charge is 2.25. The normalized spacial score (nSPS) is 18.5. The van der Waals surface area contributed by atoms with Gasteiger partial charge >= 0.3 is 0 Å². The summed E-state index contributed by atoms with van der Waals surface area (Å²) in [6.45, 7) is 8.00. The van der Waals surface area contributed by atoms with E-state index in [9.17, 15) is 8.42 Å². The minimum Gasteiger partial charge on any atom is -0.347 e. The highest BCUT2D eigenvalue weighted by atomic mass is 32.2. The molecule has 114 valence electrons. The van der Waals surface area contributed by atoms with Crippen molar-refractivity contribution < 1.29 is 8.42 Å². The fourth-order valence-corrected chi connectivity index (χ4v) is 3.93. The first-order valence-corrected chi connectivity index (χ1v) is 9.42. The maximum absolute atomic E-state index is 11.2. The molecule has 1 N–H and O–H groups in total. The molecule has 1 aliphatic heterocycles. The Morgan fingerprint density at radius 1 is 1.25 bits per heavy atom. The Labute approximate surface area is 124 Å². The van der Waals surface area contributed by atoms with Crippen LogP contribution in [0, 0.1) is 0 Å². The number of hydrogen-bond acceptors (Lipinski definition) is 6. The minimum absolute atomic E-state index is 0.0199. The number of sulfonamides is 1. The molecule has 0 radical (unpaired) electrons. The van der Waals surface area contributed by atoms with E-state index in [0.29, 0.717) is 0 Å². The second kappa shape index (κ2) is 5.57. The van der Waals surface area contributed by atoms with Crippen LogP contribution < -0.4 is 9.62 Å². The van der Waals surface area contributed by atoms with Crippen LogP contribution >= 0.6 is 11.3 Å². The molecular weight excluding hydrogens is 296 g/mol. The van der Waals surface area contributed by atoms with Crippen molar-refractivity contribution in [2.75, 3.05) is 24.2 Å². The van der Waals surface area contributed by atoms with Crippen LogP contribution in [0.3, 0.4) is 0 Å². The smallest absolute Gasteiger partial charge is 0.208 e. The first-order chi connectivity index (χ1) is 9.15. The number of rotatable bonds is 3. The molecule has 2 heterocycles. The van der Waals surface area contributed by atoms with Crippen LogP contribution in [0.1, 0.15) is 38.6 Å². The van der Waals surface area contributed by atoms with Crippen molar-refractivity contribution in [3.63, 3.8) is 0 Å². The number of piperidine rings is 1. The van der Waals surface area contributed by atoms with E-state index >= 15 is 0 Å². The van der Waals surface area contributed by atoms with Gasteiger partial charge in [0.2, 0.25) is 15.2 Å². The van der Waals surface area contributed by atoms with Crippen molar-refractivity contribution in [3.8, 4) is 0 Å². The summed E-state index contributed by atoms with van der Waals surface area (Å²) in [7, 11) is -3.11. The van der Waals surface area contributed by atoms with Gasteiger partial charge in [0.25, 0.3) is 0 Å². The molecule has 1 aromatic heterocycles. The summed E-state index contributed by atoms with van der Waals surface area (Å²) in [5.74, 6) is 0. The van der Waals surface area contributed by atoms with Crippen LogP contribution in [-0.2, 0) is 15.4 Å². The lowest BCUT2D eigenvalue weighted by molar-refractivity contribution is 0.461. The van der Waals surface area contributed by atoms with Gasteiger partial charge in [-0.15, -0.1) is 10.2 Å². The molecule has 0 aliphatic carbocycles. The Hall–Kier alpha value is -0.730. The molecule has 1 fully saturated rings. The molecule has 6 nitrogen and oxygen atoms in total. The molecule has 0 atom stereocenters. The van der Waals surface area contributed by atoms with Crippen molar-refractivity contribution in [1.29, 1.82) is 0 Å². The van der Waals surface area contributed by atoms with Gasteiger partial charge in [0.1, 0.15) is 5.01 Å². The number of nitrogens with one attached hydrogen (secondary N) is 1. The Bertz CT molecular complexity index is 554. The van der Waals surface area contributed by atoms with Gasteiger partial charge < -0.3 is 4.90 Å². The van der Waals surface area contributed by atoms with Crippen molar-refractivity contribution in [2.45, 2.75) is 45.1 Å². The van der Waals surface area contributed by atoms with Crippen LogP contribution in [0.4, 0.5) is 5.13 Å². The molecule has 0 spiro atoms. The van der Waals surface area contributed by atoms with E-state index in [2.05, 4.69) is 40.6 Å². The van der Waals surface area contributed by atoms with E-state index in [1.807, 2.05) is 0 Å². The van der Waals surface area contributed by atoms with Crippen molar-refractivity contribution in [2.24, 2.45) is 0 Å². The van der Waals surface area contributed by atoms with E-state index in [1.165, 1.54) is 6.26 Å². The van der Waals surface area contributed by atoms with E-state index in [1.54, 1.807) is 11.3 Å². The summed E-state index contributed by atoms with van der Waals surface area (Å²) in [4.78, 5) is 2.19. The molecule has 2 rings (SSSR count). The van der Waals surface area contributed by atoms with Crippen LogP contribution in [0.2, 0.25) is 0 Å². The molecule has 1 aliphatic rings. The highest BCUT2D eigenvalue weighted by molar-refractivity contribution is 7.88. The molecule has 1 saturated heterocycles. The van der Waals surface area contributed by atoms with Crippen LogP contribution in [0.25, 0.3) is 0 Å². The summed E-state index contributed by atoms with van der Waals surface area (Å²) < 4.78 is 25.1. The third-order valence-corrected chi connectivity index (χ3v) is 5.37. The molecule has 1 aromatic rings. The molecule has 0 aromatic carbocycles. The van der Waals surface area contributed by atoms with Crippen LogP contribution in [0.5, 0.6) is 0 Å². The Balaban J connectivity index is 1.96. The standard InChI is InChI=1S/C12H22N4O2S2/c1-12(2,3)10-13-14-11(19-10)16-7-5-9(6-8-16)15-20(4,17)18/h9,15H,5-8H2,1-4H3.